The maximum atomic E-state index is 5.59. The van der Waals surface area contributed by atoms with Crippen LogP contribution >= 0.6 is 0 Å². The fourth-order valence-electron chi connectivity index (χ4n) is 9.52. The number of benzene rings is 10. The smallest absolute Gasteiger partial charge is 0.145 e. The maximum absolute atomic E-state index is 5.59. The molecule has 0 aliphatic carbocycles. The Morgan fingerprint density at radius 3 is 1.25 bits per heavy atom. The van der Waals surface area contributed by atoms with Crippen molar-refractivity contribution in [3.05, 3.63) is 230 Å². The van der Waals surface area contributed by atoms with E-state index in [2.05, 4.69) is 250 Å². The second-order valence-corrected chi connectivity index (χ2v) is 17.5. The van der Waals surface area contributed by atoms with Crippen molar-refractivity contribution in [3.8, 4) is 72.7 Å². The van der Waals surface area contributed by atoms with Crippen molar-refractivity contribution in [2.75, 3.05) is 0 Å². The van der Waals surface area contributed by atoms with Gasteiger partial charge in [0.05, 0.1) is 11.0 Å². The predicted octanol–water partition coefficient (Wildman–Crippen LogP) is 16.6. The first-order valence-corrected chi connectivity index (χ1v) is 21.9. The van der Waals surface area contributed by atoms with Gasteiger partial charge in [0, 0.05) is 22.0 Å². The number of imidazole rings is 1. The molecule has 0 spiro atoms. The lowest BCUT2D eigenvalue weighted by Gasteiger charge is -2.24. The van der Waals surface area contributed by atoms with Gasteiger partial charge in [0.25, 0.3) is 0 Å². The summed E-state index contributed by atoms with van der Waals surface area (Å²) in [7, 11) is 0. The summed E-state index contributed by atoms with van der Waals surface area (Å²) in [5, 5.41) is 4.79. The van der Waals surface area contributed by atoms with E-state index in [0.717, 1.165) is 39.1 Å². The third-order valence-corrected chi connectivity index (χ3v) is 12.6. The summed E-state index contributed by atoms with van der Waals surface area (Å²) >= 11 is 0. The zero-order valence-electron chi connectivity index (χ0n) is 35.8. The highest BCUT2D eigenvalue weighted by molar-refractivity contribution is 6.24. The Morgan fingerprint density at radius 2 is 0.746 bits per heavy atom. The van der Waals surface area contributed by atoms with Crippen molar-refractivity contribution >= 4 is 32.6 Å². The Bertz CT molecular complexity index is 3410. The van der Waals surface area contributed by atoms with E-state index < -0.39 is 0 Å². The normalized spacial score (nSPS) is 11.7. The second-order valence-electron chi connectivity index (χ2n) is 17.5. The molecule has 0 amide bonds. The largest absolute Gasteiger partial charge is 0.292 e. The molecule has 11 aromatic rings. The summed E-state index contributed by atoms with van der Waals surface area (Å²) in [5.41, 5.74) is 17.5. The minimum Gasteiger partial charge on any atom is -0.292 e. The summed E-state index contributed by atoms with van der Waals surface area (Å²) in [4.78, 5) is 5.59. The monoisotopic (exact) mass is 806 g/mol. The molecule has 0 aliphatic heterocycles. The first-order chi connectivity index (χ1) is 30.9. The fourth-order valence-corrected chi connectivity index (χ4v) is 9.52. The number of aromatic nitrogens is 2. The van der Waals surface area contributed by atoms with Gasteiger partial charge in [-0.25, -0.2) is 4.98 Å². The van der Waals surface area contributed by atoms with E-state index in [1.807, 2.05) is 0 Å². The molecule has 300 valence electrons. The van der Waals surface area contributed by atoms with Crippen LogP contribution in [0.1, 0.15) is 26.3 Å². The van der Waals surface area contributed by atoms with Gasteiger partial charge in [-0.15, -0.1) is 0 Å². The van der Waals surface area contributed by atoms with Crippen molar-refractivity contribution < 1.29 is 0 Å². The van der Waals surface area contributed by atoms with Gasteiger partial charge in [-0.05, 0) is 95.6 Å². The van der Waals surface area contributed by atoms with Gasteiger partial charge in [-0.2, -0.15) is 0 Å². The zero-order valence-corrected chi connectivity index (χ0v) is 35.8. The third-order valence-electron chi connectivity index (χ3n) is 12.6. The highest BCUT2D eigenvalue weighted by Gasteiger charge is 2.25. The summed E-state index contributed by atoms with van der Waals surface area (Å²) < 4.78 is 2.39. The maximum Gasteiger partial charge on any atom is 0.145 e. The predicted molar refractivity (Wildman–Crippen MR) is 267 cm³/mol. The SMILES string of the molecule is CC(C)(C)c1ccc(-n2c(-c3ccc(-c4cc(-c5ccccc5)c(-c5ccccc5)c(-c5ccccc5)c4-c4ccccc4)cc3)nc3c4ccccc4c4ccccc4c32)cc1. The van der Waals surface area contributed by atoms with Crippen LogP contribution < -0.4 is 0 Å². The van der Waals surface area contributed by atoms with Gasteiger partial charge >= 0.3 is 0 Å². The van der Waals surface area contributed by atoms with Crippen molar-refractivity contribution in [3.63, 3.8) is 0 Å². The quantitative estimate of drug-likeness (QED) is 0.147. The van der Waals surface area contributed by atoms with Gasteiger partial charge in [0.1, 0.15) is 5.82 Å². The number of hydrogen-bond acceptors (Lipinski definition) is 1. The Kier molecular flexibility index (Phi) is 9.43. The summed E-state index contributed by atoms with van der Waals surface area (Å²) in [6.07, 6.45) is 0. The van der Waals surface area contributed by atoms with Gasteiger partial charge in [-0.1, -0.05) is 227 Å². The van der Waals surface area contributed by atoms with Crippen LogP contribution in [0.2, 0.25) is 0 Å². The lowest BCUT2D eigenvalue weighted by molar-refractivity contribution is 0.590. The molecule has 2 heteroatoms. The average Bonchev–Trinajstić information content (AvgIpc) is 3.76. The van der Waals surface area contributed by atoms with Crippen LogP contribution in [0, 0.1) is 0 Å². The molecule has 0 unspecified atom stereocenters. The van der Waals surface area contributed by atoms with Crippen molar-refractivity contribution in [2.24, 2.45) is 0 Å². The summed E-state index contributed by atoms with van der Waals surface area (Å²) in [6.45, 7) is 6.81. The average molecular weight is 807 g/mol. The van der Waals surface area contributed by atoms with Crippen LogP contribution in [0.15, 0.2) is 224 Å². The number of hydrogen-bond donors (Lipinski definition) is 0. The van der Waals surface area contributed by atoms with Crippen LogP contribution in [0.3, 0.4) is 0 Å². The molecule has 10 aromatic carbocycles. The first-order valence-electron chi connectivity index (χ1n) is 21.9. The highest BCUT2D eigenvalue weighted by Crippen LogP contribution is 2.50. The van der Waals surface area contributed by atoms with E-state index in [-0.39, 0.29) is 5.41 Å². The Hall–Kier alpha value is -7.81. The van der Waals surface area contributed by atoms with Crippen molar-refractivity contribution in [2.45, 2.75) is 26.2 Å². The van der Waals surface area contributed by atoms with E-state index in [1.54, 1.807) is 0 Å². The molecule has 63 heavy (non-hydrogen) atoms. The first kappa shape index (κ1) is 38.1. The molecule has 0 saturated heterocycles. The van der Waals surface area contributed by atoms with E-state index in [9.17, 15) is 0 Å². The molecule has 0 fully saturated rings. The van der Waals surface area contributed by atoms with Crippen LogP contribution in [0.25, 0.3) is 105 Å². The fraction of sp³-hybridized carbons (Fsp3) is 0.0656. The van der Waals surface area contributed by atoms with Crippen LogP contribution in [0.5, 0.6) is 0 Å². The number of fused-ring (bicyclic) bond motifs is 6. The molecule has 0 N–H and O–H groups in total. The lowest BCUT2D eigenvalue weighted by atomic mass is 9.79. The molecule has 1 aromatic heterocycles. The summed E-state index contributed by atoms with van der Waals surface area (Å²) in [5.74, 6) is 0.916. The molecule has 0 aliphatic rings. The molecule has 0 radical (unpaired) electrons. The van der Waals surface area contributed by atoms with E-state index in [0.29, 0.717) is 0 Å². The molecular weight excluding hydrogens is 761 g/mol. The van der Waals surface area contributed by atoms with Gasteiger partial charge in [-0.3, -0.25) is 4.57 Å². The molecule has 0 saturated carbocycles. The van der Waals surface area contributed by atoms with Crippen LogP contribution in [-0.2, 0) is 5.41 Å². The molecule has 2 nitrogen and oxygen atoms in total. The molecule has 1 heterocycles. The van der Waals surface area contributed by atoms with Crippen molar-refractivity contribution in [1.29, 1.82) is 0 Å². The molecular formula is C61H46N2. The minimum absolute atomic E-state index is 0.0375. The van der Waals surface area contributed by atoms with Gasteiger partial charge in [0.15, 0.2) is 0 Å². The molecule has 0 atom stereocenters. The van der Waals surface area contributed by atoms with Crippen LogP contribution in [-0.4, -0.2) is 9.55 Å². The minimum atomic E-state index is 0.0375. The standard InChI is InChI=1S/C61H46N2/c1-61(2,3)47-36-38-48(39-37-47)63-59-52-31-19-17-29-50(52)49-28-16-18-30-51(49)58(59)62-60(63)46-34-32-42(33-35-46)54-40-53(41-20-8-4-9-21-41)55(43-22-10-5-11-23-43)57(45-26-14-7-15-27-45)56(54)44-24-12-6-13-25-44/h4-40H,1-3H3. The van der Waals surface area contributed by atoms with E-state index in [4.69, 9.17) is 4.98 Å². The lowest BCUT2D eigenvalue weighted by Crippen LogP contribution is -2.11. The second kappa shape index (κ2) is 15.6. The van der Waals surface area contributed by atoms with E-state index >= 15 is 0 Å². The Balaban J connectivity index is 1.19. The van der Waals surface area contributed by atoms with Crippen molar-refractivity contribution in [1.82, 2.24) is 9.55 Å². The third kappa shape index (κ3) is 6.72. The van der Waals surface area contributed by atoms with E-state index in [1.165, 1.54) is 71.8 Å². The van der Waals surface area contributed by atoms with Gasteiger partial charge in [0.2, 0.25) is 0 Å². The molecule has 11 rings (SSSR count). The van der Waals surface area contributed by atoms with Crippen LogP contribution in [0.4, 0.5) is 0 Å². The highest BCUT2D eigenvalue weighted by atomic mass is 15.1. The van der Waals surface area contributed by atoms with Gasteiger partial charge < -0.3 is 0 Å². The summed E-state index contributed by atoms with van der Waals surface area (Å²) in [6, 6.07) is 81.6. The molecule has 0 bridgehead atoms. The zero-order chi connectivity index (χ0) is 42.5. The Morgan fingerprint density at radius 1 is 0.349 bits per heavy atom. The topological polar surface area (TPSA) is 17.8 Å². The number of rotatable bonds is 7. The Labute approximate surface area is 369 Å². The number of nitrogens with zero attached hydrogens (tertiary/aromatic N) is 2.